The molecular weight excluding hydrogens is 300 g/mol. The van der Waals surface area contributed by atoms with Crippen LogP contribution in [0.2, 0.25) is 0 Å². The highest BCUT2D eigenvalue weighted by atomic mass is 16.5. The van der Waals surface area contributed by atoms with E-state index < -0.39 is 0 Å². The van der Waals surface area contributed by atoms with Crippen LogP contribution in [0.5, 0.6) is 0 Å². The molecule has 1 N–H and O–H groups in total. The Morgan fingerprint density at radius 1 is 1.00 bits per heavy atom. The summed E-state index contributed by atoms with van der Waals surface area (Å²) in [6.07, 6.45) is 24.3. The van der Waals surface area contributed by atoms with Crippen LogP contribution in [0.4, 0.5) is 0 Å². The molecule has 0 aromatic heterocycles. The number of methoxy groups -OCH3 is 1. The fourth-order valence-electron chi connectivity index (χ4n) is 2.08. The molecule has 0 unspecified atom stereocenters. The molecule has 0 aliphatic heterocycles. The van der Waals surface area contributed by atoms with Gasteiger partial charge in [0, 0.05) is 6.42 Å². The number of hydrogen-bond donors (Lipinski definition) is 1. The van der Waals surface area contributed by atoms with Crippen molar-refractivity contribution in [3.63, 3.8) is 0 Å². The van der Waals surface area contributed by atoms with Crippen molar-refractivity contribution in [3.8, 4) is 0 Å². The fourth-order valence-corrected chi connectivity index (χ4v) is 2.08. The first-order chi connectivity index (χ1) is 11.7. The predicted molar refractivity (Wildman–Crippen MR) is 102 cm³/mol. The minimum Gasteiger partial charge on any atom is -0.469 e. The zero-order valence-corrected chi connectivity index (χ0v) is 15.3. The lowest BCUT2D eigenvalue weighted by Gasteiger charge is -2.02. The summed E-state index contributed by atoms with van der Waals surface area (Å²) in [5.41, 5.74) is 0. The zero-order chi connectivity index (χ0) is 17.9. The molecule has 0 bridgehead atoms. The molecule has 24 heavy (non-hydrogen) atoms. The van der Waals surface area contributed by atoms with Crippen molar-refractivity contribution >= 4 is 5.97 Å². The second-order valence-electron chi connectivity index (χ2n) is 5.76. The molecule has 136 valence electrons. The summed E-state index contributed by atoms with van der Waals surface area (Å²) in [6, 6.07) is 0. The van der Waals surface area contributed by atoms with E-state index in [-0.39, 0.29) is 12.1 Å². The molecule has 1 atom stereocenters. The molecule has 0 radical (unpaired) electrons. The molecule has 0 aliphatic carbocycles. The first-order valence-electron chi connectivity index (χ1n) is 9.08. The van der Waals surface area contributed by atoms with Crippen molar-refractivity contribution in [2.45, 2.75) is 70.8 Å². The van der Waals surface area contributed by atoms with Gasteiger partial charge in [0.2, 0.25) is 0 Å². The number of hydrogen-bond acceptors (Lipinski definition) is 3. The van der Waals surface area contributed by atoms with E-state index in [0.29, 0.717) is 6.42 Å². The summed E-state index contributed by atoms with van der Waals surface area (Å²) >= 11 is 0. The highest BCUT2D eigenvalue weighted by molar-refractivity contribution is 5.69. The van der Waals surface area contributed by atoms with E-state index >= 15 is 0 Å². The monoisotopic (exact) mass is 334 g/mol. The maximum absolute atomic E-state index is 10.9. The minimum atomic E-state index is -0.318. The van der Waals surface area contributed by atoms with E-state index in [1.54, 1.807) is 0 Å². The Morgan fingerprint density at radius 3 is 2.42 bits per heavy atom. The lowest BCUT2D eigenvalue weighted by atomic mass is 10.1. The van der Waals surface area contributed by atoms with E-state index in [9.17, 15) is 9.90 Å². The van der Waals surface area contributed by atoms with Gasteiger partial charge in [0.15, 0.2) is 0 Å². The van der Waals surface area contributed by atoms with Gasteiger partial charge in [-0.2, -0.15) is 0 Å². The molecule has 0 aromatic carbocycles. The van der Waals surface area contributed by atoms with E-state index in [4.69, 9.17) is 0 Å². The Labute approximate surface area is 147 Å². The molecule has 3 heteroatoms. The van der Waals surface area contributed by atoms with Gasteiger partial charge in [0.25, 0.3) is 0 Å². The first kappa shape index (κ1) is 22.4. The normalized spacial score (nSPS) is 13.6. The number of carbonyl (C=O) groups is 1. The lowest BCUT2D eigenvalue weighted by Crippen LogP contribution is -2.00. The molecule has 0 amide bonds. The Morgan fingerprint density at radius 2 is 1.71 bits per heavy atom. The second-order valence-corrected chi connectivity index (χ2v) is 5.76. The summed E-state index contributed by atoms with van der Waals surface area (Å²) in [5, 5.41) is 9.71. The van der Waals surface area contributed by atoms with Crippen LogP contribution in [0.15, 0.2) is 48.6 Å². The van der Waals surface area contributed by atoms with Crippen molar-refractivity contribution < 1.29 is 14.6 Å². The largest absolute Gasteiger partial charge is 0.469 e. The number of carbonyl (C=O) groups excluding carboxylic acids is 1. The Balaban J connectivity index is 3.58. The van der Waals surface area contributed by atoms with Gasteiger partial charge in [-0.15, -0.1) is 0 Å². The van der Waals surface area contributed by atoms with Crippen molar-refractivity contribution in [1.29, 1.82) is 0 Å². The third-order valence-corrected chi connectivity index (χ3v) is 3.54. The molecule has 0 aromatic rings. The Bertz CT molecular complexity index is 405. The predicted octanol–water partition coefficient (Wildman–Crippen LogP) is 5.28. The molecule has 0 rings (SSSR count). The molecule has 0 spiro atoms. The average Bonchev–Trinajstić information content (AvgIpc) is 2.58. The molecule has 0 heterocycles. The number of allylic oxidation sites excluding steroid dienone is 7. The number of aliphatic hydroxyl groups is 1. The van der Waals surface area contributed by atoms with Gasteiger partial charge in [-0.25, -0.2) is 0 Å². The van der Waals surface area contributed by atoms with Crippen LogP contribution < -0.4 is 0 Å². The lowest BCUT2D eigenvalue weighted by molar-refractivity contribution is -0.140. The summed E-state index contributed by atoms with van der Waals surface area (Å²) in [4.78, 5) is 10.9. The van der Waals surface area contributed by atoms with Gasteiger partial charge in [0.1, 0.15) is 0 Å². The number of aliphatic hydroxyl groups excluding tert-OH is 1. The van der Waals surface area contributed by atoms with E-state index in [2.05, 4.69) is 42.0 Å². The van der Waals surface area contributed by atoms with Crippen molar-refractivity contribution in [1.82, 2.24) is 0 Å². The van der Waals surface area contributed by atoms with Crippen LogP contribution in [0.3, 0.4) is 0 Å². The van der Waals surface area contributed by atoms with E-state index in [0.717, 1.165) is 38.5 Å². The van der Waals surface area contributed by atoms with Crippen LogP contribution in [-0.2, 0) is 9.53 Å². The smallest absolute Gasteiger partial charge is 0.305 e. The topological polar surface area (TPSA) is 46.5 Å². The molecule has 0 saturated heterocycles. The molecule has 0 fully saturated rings. The van der Waals surface area contributed by atoms with E-state index in [1.807, 2.05) is 18.2 Å². The van der Waals surface area contributed by atoms with Gasteiger partial charge in [-0.3, -0.25) is 4.79 Å². The molecular formula is C21H34O3. The van der Waals surface area contributed by atoms with Crippen LogP contribution in [0.25, 0.3) is 0 Å². The highest BCUT2D eigenvalue weighted by Crippen LogP contribution is 2.04. The number of ether oxygens (including phenoxy) is 1. The number of unbranched alkanes of at least 4 members (excludes halogenated alkanes) is 3. The number of esters is 1. The maximum Gasteiger partial charge on any atom is 0.305 e. The summed E-state index contributed by atoms with van der Waals surface area (Å²) in [6.45, 7) is 2.17. The quantitative estimate of drug-likeness (QED) is 0.203. The van der Waals surface area contributed by atoms with Gasteiger partial charge >= 0.3 is 5.97 Å². The second kappa shape index (κ2) is 17.7. The zero-order valence-electron chi connectivity index (χ0n) is 15.3. The molecule has 0 aliphatic rings. The van der Waals surface area contributed by atoms with Crippen LogP contribution in [-0.4, -0.2) is 24.3 Å². The average molecular weight is 335 g/mol. The van der Waals surface area contributed by atoms with Crippen LogP contribution in [0.1, 0.15) is 64.7 Å². The van der Waals surface area contributed by atoms with Crippen LogP contribution >= 0.6 is 0 Å². The van der Waals surface area contributed by atoms with Gasteiger partial charge in [-0.1, -0.05) is 74.8 Å². The summed E-state index contributed by atoms with van der Waals surface area (Å²) in [7, 11) is 1.42. The van der Waals surface area contributed by atoms with Crippen molar-refractivity contribution in [3.05, 3.63) is 48.6 Å². The van der Waals surface area contributed by atoms with E-state index in [1.165, 1.54) is 20.0 Å². The Kier molecular flexibility index (Phi) is 16.5. The molecule has 0 saturated carbocycles. The highest BCUT2D eigenvalue weighted by Gasteiger charge is 1.97. The van der Waals surface area contributed by atoms with Crippen LogP contribution in [0, 0.1) is 0 Å². The standard InChI is InChI=1S/C21H34O3/c1-3-4-14-17-20(22)18-15-12-10-8-6-5-7-9-11-13-16-19-21(23)24-2/h5-6,9-12,15,18,20,22H,3-4,7-8,13-14,16-17,19H2,1-2H3/b6-5-,11-9-,12-10-,18-15+/t20-/m0/s1. The number of rotatable bonds is 14. The van der Waals surface area contributed by atoms with Crippen molar-refractivity contribution in [2.24, 2.45) is 0 Å². The maximum atomic E-state index is 10.9. The summed E-state index contributed by atoms with van der Waals surface area (Å²) in [5.74, 6) is -0.141. The van der Waals surface area contributed by atoms with Gasteiger partial charge in [-0.05, 0) is 32.1 Å². The fraction of sp³-hybridized carbons (Fsp3) is 0.571. The van der Waals surface area contributed by atoms with Crippen molar-refractivity contribution in [2.75, 3.05) is 7.11 Å². The third-order valence-electron chi connectivity index (χ3n) is 3.54. The third kappa shape index (κ3) is 16.8. The van der Waals surface area contributed by atoms with Gasteiger partial charge < -0.3 is 9.84 Å². The first-order valence-corrected chi connectivity index (χ1v) is 9.08. The Hall–Kier alpha value is -1.61. The molecule has 3 nitrogen and oxygen atoms in total. The summed E-state index contributed by atoms with van der Waals surface area (Å²) < 4.78 is 4.59. The SMILES string of the molecule is CCCCC[C@H](O)/C=C/C=C\C/C=C\C/C=C\CCCC(=O)OC. The van der Waals surface area contributed by atoms with Gasteiger partial charge in [0.05, 0.1) is 13.2 Å². The minimum absolute atomic E-state index is 0.141.